The molecule has 0 unspecified atom stereocenters. The van der Waals surface area contributed by atoms with Crippen molar-refractivity contribution in [3.05, 3.63) is 28.6 Å². The number of anilines is 1. The highest BCUT2D eigenvalue weighted by Gasteiger charge is 2.23. The van der Waals surface area contributed by atoms with Crippen LogP contribution in [0.5, 0.6) is 0 Å². The van der Waals surface area contributed by atoms with Crippen molar-refractivity contribution in [1.29, 1.82) is 0 Å². The van der Waals surface area contributed by atoms with E-state index in [9.17, 15) is 0 Å². The standard InChI is InChI=1S/C14H19BrN4/c1-18(2)12-5-3-4-11-13(15)17-14(19(11)12)10-6-8-16-9-7-10/h3-5,10,16H,6-9H2,1-2H3. The third-order valence-corrected chi connectivity index (χ3v) is 4.37. The number of piperidine rings is 1. The molecule has 0 bridgehead atoms. The van der Waals surface area contributed by atoms with Crippen molar-refractivity contribution >= 4 is 27.3 Å². The number of rotatable bonds is 2. The molecule has 0 spiro atoms. The number of nitrogens with zero attached hydrogens (tertiary/aromatic N) is 3. The van der Waals surface area contributed by atoms with Crippen molar-refractivity contribution in [3.63, 3.8) is 0 Å². The molecule has 5 heteroatoms. The molecular weight excluding hydrogens is 304 g/mol. The molecule has 2 aromatic heterocycles. The van der Waals surface area contributed by atoms with E-state index in [1.165, 1.54) is 11.6 Å². The summed E-state index contributed by atoms with van der Waals surface area (Å²) in [6, 6.07) is 6.35. The van der Waals surface area contributed by atoms with E-state index in [-0.39, 0.29) is 0 Å². The van der Waals surface area contributed by atoms with E-state index in [0.717, 1.165) is 36.1 Å². The summed E-state index contributed by atoms with van der Waals surface area (Å²) in [7, 11) is 4.16. The topological polar surface area (TPSA) is 32.6 Å². The van der Waals surface area contributed by atoms with E-state index in [1.807, 2.05) is 0 Å². The largest absolute Gasteiger partial charge is 0.364 e. The van der Waals surface area contributed by atoms with Crippen molar-refractivity contribution < 1.29 is 0 Å². The van der Waals surface area contributed by atoms with Gasteiger partial charge in [0.1, 0.15) is 16.2 Å². The Balaban J connectivity index is 2.18. The summed E-state index contributed by atoms with van der Waals surface area (Å²) < 4.78 is 3.24. The van der Waals surface area contributed by atoms with Gasteiger partial charge in [0.2, 0.25) is 0 Å². The van der Waals surface area contributed by atoms with Gasteiger partial charge in [0.15, 0.2) is 0 Å². The minimum absolute atomic E-state index is 0.543. The maximum absolute atomic E-state index is 4.78. The van der Waals surface area contributed by atoms with Crippen LogP contribution in [0.15, 0.2) is 22.8 Å². The smallest absolute Gasteiger partial charge is 0.132 e. The van der Waals surface area contributed by atoms with E-state index in [4.69, 9.17) is 4.98 Å². The van der Waals surface area contributed by atoms with Crippen molar-refractivity contribution in [2.45, 2.75) is 18.8 Å². The second-order valence-corrected chi connectivity index (χ2v) is 6.04. The minimum Gasteiger partial charge on any atom is -0.364 e. The Kier molecular flexibility index (Phi) is 3.50. The molecular formula is C14H19BrN4. The van der Waals surface area contributed by atoms with Gasteiger partial charge in [-0.3, -0.25) is 4.40 Å². The fourth-order valence-corrected chi connectivity index (χ4v) is 3.30. The number of pyridine rings is 1. The van der Waals surface area contributed by atoms with Crippen LogP contribution in [0, 0.1) is 0 Å². The molecule has 0 saturated carbocycles. The predicted octanol–water partition coefficient (Wildman–Crippen LogP) is 2.63. The molecule has 4 nitrogen and oxygen atoms in total. The molecule has 3 rings (SSSR count). The molecule has 0 aromatic carbocycles. The zero-order valence-electron chi connectivity index (χ0n) is 11.4. The highest BCUT2D eigenvalue weighted by atomic mass is 79.9. The van der Waals surface area contributed by atoms with Gasteiger partial charge in [-0.2, -0.15) is 0 Å². The van der Waals surface area contributed by atoms with Crippen LogP contribution in [0.2, 0.25) is 0 Å². The number of imidazole rings is 1. The predicted molar refractivity (Wildman–Crippen MR) is 82.1 cm³/mol. The van der Waals surface area contributed by atoms with Crippen LogP contribution in [0.1, 0.15) is 24.6 Å². The molecule has 19 heavy (non-hydrogen) atoms. The monoisotopic (exact) mass is 322 g/mol. The number of nitrogens with one attached hydrogen (secondary N) is 1. The Morgan fingerprint density at radius 2 is 2.05 bits per heavy atom. The molecule has 1 saturated heterocycles. The molecule has 1 aliphatic heterocycles. The molecule has 1 fully saturated rings. The fourth-order valence-electron chi connectivity index (χ4n) is 2.81. The summed E-state index contributed by atoms with van der Waals surface area (Å²) in [4.78, 5) is 6.93. The van der Waals surface area contributed by atoms with E-state index in [1.54, 1.807) is 0 Å². The van der Waals surface area contributed by atoms with Gasteiger partial charge in [0.25, 0.3) is 0 Å². The molecule has 102 valence electrons. The summed E-state index contributed by atoms with van der Waals surface area (Å²) in [6.07, 6.45) is 2.32. The lowest BCUT2D eigenvalue weighted by molar-refractivity contribution is 0.444. The lowest BCUT2D eigenvalue weighted by atomic mass is 9.97. The number of hydrogen-bond donors (Lipinski definition) is 1. The van der Waals surface area contributed by atoms with Gasteiger partial charge in [-0.05, 0) is 54.0 Å². The van der Waals surface area contributed by atoms with Crippen LogP contribution in [-0.4, -0.2) is 36.6 Å². The van der Waals surface area contributed by atoms with Crippen LogP contribution in [-0.2, 0) is 0 Å². The molecule has 1 N–H and O–H groups in total. The summed E-state index contributed by atoms with van der Waals surface area (Å²) in [6.45, 7) is 2.17. The summed E-state index contributed by atoms with van der Waals surface area (Å²) in [5.41, 5.74) is 1.15. The SMILES string of the molecule is CN(C)c1cccc2c(Br)nc(C3CCNCC3)n12. The normalized spacial score (nSPS) is 17.0. The van der Waals surface area contributed by atoms with Gasteiger partial charge in [-0.25, -0.2) is 4.98 Å². The lowest BCUT2D eigenvalue weighted by Gasteiger charge is -2.23. The van der Waals surface area contributed by atoms with E-state index >= 15 is 0 Å². The summed E-state index contributed by atoms with van der Waals surface area (Å²) >= 11 is 3.60. The van der Waals surface area contributed by atoms with E-state index in [0.29, 0.717) is 5.92 Å². The van der Waals surface area contributed by atoms with Crippen LogP contribution in [0.3, 0.4) is 0 Å². The maximum Gasteiger partial charge on any atom is 0.132 e. The Morgan fingerprint density at radius 1 is 1.32 bits per heavy atom. The fraction of sp³-hybridized carbons (Fsp3) is 0.500. The van der Waals surface area contributed by atoms with E-state index in [2.05, 4.69) is 62.8 Å². The summed E-state index contributed by atoms with van der Waals surface area (Å²) in [5.74, 6) is 2.91. The molecule has 2 aromatic rings. The highest BCUT2D eigenvalue weighted by Crippen LogP contribution is 2.31. The van der Waals surface area contributed by atoms with Crippen molar-refractivity contribution in [1.82, 2.24) is 14.7 Å². The van der Waals surface area contributed by atoms with Crippen molar-refractivity contribution in [2.24, 2.45) is 0 Å². The average molecular weight is 323 g/mol. The third kappa shape index (κ3) is 2.25. The van der Waals surface area contributed by atoms with Crippen molar-refractivity contribution in [3.8, 4) is 0 Å². The molecule has 3 heterocycles. The first-order valence-corrected chi connectivity index (χ1v) is 7.52. The first-order chi connectivity index (χ1) is 9.18. The lowest BCUT2D eigenvalue weighted by Crippen LogP contribution is -2.28. The van der Waals surface area contributed by atoms with Gasteiger partial charge in [-0.15, -0.1) is 0 Å². The summed E-state index contributed by atoms with van der Waals surface area (Å²) in [5, 5.41) is 3.42. The quantitative estimate of drug-likeness (QED) is 0.922. The van der Waals surface area contributed by atoms with Crippen LogP contribution >= 0.6 is 15.9 Å². The maximum atomic E-state index is 4.78. The van der Waals surface area contributed by atoms with Crippen molar-refractivity contribution in [2.75, 3.05) is 32.1 Å². The minimum atomic E-state index is 0.543. The van der Waals surface area contributed by atoms with Gasteiger partial charge in [0, 0.05) is 20.0 Å². The Bertz CT molecular complexity index is 584. The van der Waals surface area contributed by atoms with Gasteiger partial charge < -0.3 is 10.2 Å². The first-order valence-electron chi connectivity index (χ1n) is 6.73. The average Bonchev–Trinajstić information content (AvgIpc) is 2.77. The molecule has 0 atom stereocenters. The van der Waals surface area contributed by atoms with Crippen LogP contribution in [0.4, 0.5) is 5.82 Å². The molecule has 0 radical (unpaired) electrons. The molecule has 0 amide bonds. The van der Waals surface area contributed by atoms with Gasteiger partial charge >= 0.3 is 0 Å². The number of halogens is 1. The number of fused-ring (bicyclic) bond motifs is 1. The van der Waals surface area contributed by atoms with Crippen LogP contribution < -0.4 is 10.2 Å². The number of aromatic nitrogens is 2. The van der Waals surface area contributed by atoms with Gasteiger partial charge in [-0.1, -0.05) is 6.07 Å². The second-order valence-electron chi connectivity index (χ2n) is 5.28. The Labute approximate surface area is 121 Å². The second kappa shape index (κ2) is 5.13. The number of hydrogen-bond acceptors (Lipinski definition) is 3. The third-order valence-electron chi connectivity index (χ3n) is 3.79. The Hall–Kier alpha value is -1.07. The van der Waals surface area contributed by atoms with Gasteiger partial charge in [0.05, 0.1) is 5.52 Å². The zero-order chi connectivity index (χ0) is 13.4. The highest BCUT2D eigenvalue weighted by molar-refractivity contribution is 9.10. The molecule has 0 aliphatic carbocycles. The molecule has 1 aliphatic rings. The van der Waals surface area contributed by atoms with Crippen LogP contribution in [0.25, 0.3) is 5.52 Å². The Morgan fingerprint density at radius 3 is 2.74 bits per heavy atom. The van der Waals surface area contributed by atoms with E-state index < -0.39 is 0 Å². The first kappa shape index (κ1) is 12.9. The zero-order valence-corrected chi connectivity index (χ0v) is 12.9.